The summed E-state index contributed by atoms with van der Waals surface area (Å²) in [6, 6.07) is 14.9. The minimum absolute atomic E-state index is 0.218. The molecule has 1 amide bonds. The zero-order chi connectivity index (χ0) is 22.4. The van der Waals surface area contributed by atoms with Crippen molar-refractivity contribution in [3.63, 3.8) is 0 Å². The summed E-state index contributed by atoms with van der Waals surface area (Å²) in [6.45, 7) is 9.19. The van der Waals surface area contributed by atoms with Crippen LogP contribution in [0.3, 0.4) is 0 Å². The average Bonchev–Trinajstić information content (AvgIpc) is 3.05. The van der Waals surface area contributed by atoms with E-state index in [4.69, 9.17) is 4.74 Å². The predicted molar refractivity (Wildman–Crippen MR) is 124 cm³/mol. The van der Waals surface area contributed by atoms with Gasteiger partial charge in [0.25, 0.3) is 5.91 Å². The Morgan fingerprint density at radius 1 is 1.13 bits per heavy atom. The molecule has 0 aliphatic rings. The second kappa shape index (κ2) is 9.93. The van der Waals surface area contributed by atoms with Crippen LogP contribution in [0, 0.1) is 20.8 Å². The average molecular weight is 420 g/mol. The highest BCUT2D eigenvalue weighted by atomic mass is 16.5. The Hall–Kier alpha value is -3.61. The van der Waals surface area contributed by atoms with E-state index in [1.54, 1.807) is 13.2 Å². The first-order valence-electron chi connectivity index (χ1n) is 10.3. The quantitative estimate of drug-likeness (QED) is 0.463. The third-order valence-electron chi connectivity index (χ3n) is 5.18. The number of nitrogens with one attached hydrogen (secondary N) is 2. The summed E-state index contributed by atoms with van der Waals surface area (Å²) in [4.78, 5) is 17.6. The van der Waals surface area contributed by atoms with E-state index in [1.807, 2.05) is 67.9 Å². The maximum Gasteiger partial charge on any atom is 0.258 e. The van der Waals surface area contributed by atoms with E-state index in [0.29, 0.717) is 23.8 Å². The molecular weight excluding hydrogens is 390 g/mol. The summed E-state index contributed by atoms with van der Waals surface area (Å²) >= 11 is 0. The van der Waals surface area contributed by atoms with Crippen LogP contribution in [-0.4, -0.2) is 28.8 Å². The van der Waals surface area contributed by atoms with Crippen LogP contribution in [0.25, 0.3) is 0 Å². The topological polar surface area (TPSA) is 80.5 Å². The zero-order valence-electron chi connectivity index (χ0n) is 18.7. The van der Waals surface area contributed by atoms with Gasteiger partial charge in [-0.25, -0.2) is 4.99 Å². The number of methoxy groups -OCH3 is 1. The first kappa shape index (κ1) is 22.1. The molecule has 162 valence electrons. The van der Waals surface area contributed by atoms with Crippen molar-refractivity contribution in [3.05, 3.63) is 76.6 Å². The van der Waals surface area contributed by atoms with Crippen molar-refractivity contribution < 1.29 is 9.53 Å². The van der Waals surface area contributed by atoms with Gasteiger partial charge in [-0.1, -0.05) is 24.3 Å². The highest BCUT2D eigenvalue weighted by molar-refractivity contribution is 6.10. The molecule has 0 atom stereocenters. The number of amides is 1. The van der Waals surface area contributed by atoms with E-state index in [-0.39, 0.29) is 5.91 Å². The highest BCUT2D eigenvalue weighted by Crippen LogP contribution is 2.18. The number of carbonyl (C=O) groups is 1. The van der Waals surface area contributed by atoms with E-state index in [2.05, 4.69) is 27.6 Å². The number of hydrogen-bond acceptors (Lipinski definition) is 4. The van der Waals surface area contributed by atoms with Crippen LogP contribution >= 0.6 is 0 Å². The number of aryl methyl sites for hydroxylation is 3. The van der Waals surface area contributed by atoms with E-state index in [1.165, 1.54) is 0 Å². The number of rotatable bonds is 6. The fourth-order valence-corrected chi connectivity index (χ4v) is 3.38. The minimum atomic E-state index is -0.218. The maximum absolute atomic E-state index is 12.9. The van der Waals surface area contributed by atoms with Gasteiger partial charge in [0.1, 0.15) is 5.75 Å². The number of carbonyl (C=O) groups excluding carboxylic acids is 1. The SMILES string of the molecule is CCn1nc(C)c(CN=C(NC(=O)c2ccccc2C)Nc2cccc(OC)c2)c1C. The van der Waals surface area contributed by atoms with Crippen molar-refractivity contribution in [1.82, 2.24) is 15.1 Å². The zero-order valence-corrected chi connectivity index (χ0v) is 18.7. The molecule has 0 aliphatic heterocycles. The molecule has 0 fully saturated rings. The normalized spacial score (nSPS) is 11.3. The molecule has 7 heteroatoms. The van der Waals surface area contributed by atoms with Crippen LogP contribution in [-0.2, 0) is 13.1 Å². The molecule has 31 heavy (non-hydrogen) atoms. The molecule has 1 aromatic heterocycles. The Bertz CT molecular complexity index is 1100. The molecule has 0 spiro atoms. The fraction of sp³-hybridized carbons (Fsp3) is 0.292. The number of benzene rings is 2. The van der Waals surface area contributed by atoms with E-state index in [9.17, 15) is 4.79 Å². The minimum Gasteiger partial charge on any atom is -0.497 e. The molecule has 1 heterocycles. The molecule has 0 aliphatic carbocycles. The molecule has 3 rings (SSSR count). The molecule has 2 N–H and O–H groups in total. The van der Waals surface area contributed by atoms with Gasteiger partial charge in [-0.05, 0) is 51.5 Å². The predicted octanol–water partition coefficient (Wildman–Crippen LogP) is 4.23. The summed E-state index contributed by atoms with van der Waals surface area (Å²) in [7, 11) is 1.62. The van der Waals surface area contributed by atoms with Gasteiger partial charge in [-0.15, -0.1) is 0 Å². The van der Waals surface area contributed by atoms with Crippen LogP contribution in [0.5, 0.6) is 5.75 Å². The summed E-state index contributed by atoms with van der Waals surface area (Å²) in [5.41, 5.74) is 5.34. The first-order valence-corrected chi connectivity index (χ1v) is 10.3. The number of nitrogens with zero attached hydrogens (tertiary/aromatic N) is 3. The van der Waals surface area contributed by atoms with Gasteiger partial charge in [0.05, 0.1) is 19.3 Å². The molecular formula is C24H29N5O2. The van der Waals surface area contributed by atoms with E-state index < -0.39 is 0 Å². The lowest BCUT2D eigenvalue weighted by molar-refractivity contribution is 0.0976. The van der Waals surface area contributed by atoms with Crippen molar-refractivity contribution in [1.29, 1.82) is 0 Å². The van der Waals surface area contributed by atoms with Gasteiger partial charge in [0.15, 0.2) is 0 Å². The Balaban J connectivity index is 1.89. The van der Waals surface area contributed by atoms with Gasteiger partial charge in [0.2, 0.25) is 5.96 Å². The lowest BCUT2D eigenvalue weighted by atomic mass is 10.1. The summed E-state index contributed by atoms with van der Waals surface area (Å²) in [6.07, 6.45) is 0. The largest absolute Gasteiger partial charge is 0.497 e. The number of hydrogen-bond donors (Lipinski definition) is 2. The molecule has 0 unspecified atom stereocenters. The molecule has 2 aromatic carbocycles. The van der Waals surface area contributed by atoms with Crippen molar-refractivity contribution in [3.8, 4) is 5.75 Å². The van der Waals surface area contributed by atoms with Crippen LogP contribution in [0.2, 0.25) is 0 Å². The monoisotopic (exact) mass is 419 g/mol. The fourth-order valence-electron chi connectivity index (χ4n) is 3.38. The van der Waals surface area contributed by atoms with Gasteiger partial charge >= 0.3 is 0 Å². The van der Waals surface area contributed by atoms with Gasteiger partial charge in [-0.2, -0.15) is 5.10 Å². The van der Waals surface area contributed by atoms with Crippen LogP contribution in [0.15, 0.2) is 53.5 Å². The third-order valence-corrected chi connectivity index (χ3v) is 5.18. The third kappa shape index (κ3) is 5.31. The van der Waals surface area contributed by atoms with E-state index in [0.717, 1.165) is 34.7 Å². The lowest BCUT2D eigenvalue weighted by Crippen LogP contribution is -2.36. The van der Waals surface area contributed by atoms with Crippen LogP contribution < -0.4 is 15.4 Å². The molecule has 3 aromatic rings. The molecule has 0 radical (unpaired) electrons. The number of aromatic nitrogens is 2. The standard InChI is InChI=1S/C24H29N5O2/c1-6-29-18(4)22(17(3)28-29)15-25-24(26-19-11-9-12-20(14-19)31-5)27-23(30)21-13-8-7-10-16(21)2/h7-14H,6,15H2,1-5H3,(H2,25,26,27,30). The second-order valence-electron chi connectivity index (χ2n) is 7.26. The first-order chi connectivity index (χ1) is 14.9. The molecule has 0 bridgehead atoms. The van der Waals surface area contributed by atoms with Crippen molar-refractivity contribution in [2.24, 2.45) is 4.99 Å². The highest BCUT2D eigenvalue weighted by Gasteiger charge is 2.14. The molecule has 0 saturated heterocycles. The Morgan fingerprint density at radius 3 is 2.58 bits per heavy atom. The summed E-state index contributed by atoms with van der Waals surface area (Å²) < 4.78 is 7.26. The maximum atomic E-state index is 12.9. The van der Waals surface area contributed by atoms with Gasteiger partial charge in [0, 0.05) is 35.1 Å². The van der Waals surface area contributed by atoms with E-state index >= 15 is 0 Å². The Labute approximate surface area is 183 Å². The Kier molecular flexibility index (Phi) is 7.07. The molecule has 7 nitrogen and oxygen atoms in total. The summed E-state index contributed by atoms with van der Waals surface area (Å²) in [5.74, 6) is 0.861. The van der Waals surface area contributed by atoms with Gasteiger partial charge in [-0.3, -0.25) is 14.8 Å². The summed E-state index contributed by atoms with van der Waals surface area (Å²) in [5, 5.41) is 10.7. The van der Waals surface area contributed by atoms with Crippen molar-refractivity contribution in [2.75, 3.05) is 12.4 Å². The number of guanidine groups is 1. The van der Waals surface area contributed by atoms with Crippen LogP contribution in [0.1, 0.15) is 39.8 Å². The number of aliphatic imine (C=N–C) groups is 1. The van der Waals surface area contributed by atoms with Crippen molar-refractivity contribution in [2.45, 2.75) is 40.8 Å². The number of ether oxygens (including phenoxy) is 1. The molecule has 0 saturated carbocycles. The van der Waals surface area contributed by atoms with Crippen molar-refractivity contribution >= 4 is 17.6 Å². The lowest BCUT2D eigenvalue weighted by Gasteiger charge is -2.13. The second-order valence-corrected chi connectivity index (χ2v) is 7.26. The Morgan fingerprint density at radius 2 is 1.90 bits per heavy atom. The van der Waals surface area contributed by atoms with Crippen LogP contribution in [0.4, 0.5) is 5.69 Å². The number of anilines is 1. The smallest absolute Gasteiger partial charge is 0.258 e. The van der Waals surface area contributed by atoms with Gasteiger partial charge < -0.3 is 10.1 Å².